The Balaban J connectivity index is 1.40. The van der Waals surface area contributed by atoms with Gasteiger partial charge >= 0.3 is 0 Å². The molecule has 8 heteroatoms. The van der Waals surface area contributed by atoms with Gasteiger partial charge in [0.2, 0.25) is 0 Å². The maximum absolute atomic E-state index is 12.7. The molecule has 2 amide bonds. The summed E-state index contributed by atoms with van der Waals surface area (Å²) in [5, 5.41) is 7.87. The van der Waals surface area contributed by atoms with Crippen LogP contribution in [0.1, 0.15) is 39.0 Å². The van der Waals surface area contributed by atoms with Crippen LogP contribution in [0, 0.1) is 13.8 Å². The minimum atomic E-state index is -0.364. The summed E-state index contributed by atoms with van der Waals surface area (Å²) in [6, 6.07) is 16.1. The third-order valence-electron chi connectivity index (χ3n) is 5.62. The topological polar surface area (TPSA) is 79.8 Å². The van der Waals surface area contributed by atoms with Crippen molar-refractivity contribution >= 4 is 48.1 Å². The van der Waals surface area contributed by atoms with Crippen molar-refractivity contribution in [3.63, 3.8) is 0 Å². The second-order valence-corrected chi connectivity index (χ2v) is 8.60. The molecule has 0 aliphatic heterocycles. The van der Waals surface area contributed by atoms with Gasteiger partial charge in [0.05, 0.1) is 5.71 Å². The first-order chi connectivity index (χ1) is 16.3. The molecule has 170 valence electrons. The molecule has 34 heavy (non-hydrogen) atoms. The Morgan fingerprint density at radius 2 is 1.85 bits per heavy atom. The summed E-state index contributed by atoms with van der Waals surface area (Å²) in [4.78, 5) is 24.9. The minimum Gasteiger partial charge on any atom is -0.484 e. The highest BCUT2D eigenvalue weighted by Gasteiger charge is 2.20. The first kappa shape index (κ1) is 23.6. The third kappa shape index (κ3) is 5.49. The molecule has 4 rings (SSSR count). The molecular formula is C26H23BClN3O3. The number of halogens is 1. The largest absolute Gasteiger partial charge is 0.484 e. The van der Waals surface area contributed by atoms with Crippen molar-refractivity contribution < 1.29 is 14.3 Å². The SMILES string of the molecule is [B]c1ccc(C(=O)Nc2ccc3c(c2)/C(=N/NC(=O)COc2ccc(Cl)c(C)c2)CC3)c(C)c1. The summed E-state index contributed by atoms with van der Waals surface area (Å²) in [7, 11) is 5.78. The molecule has 2 N–H and O–H groups in total. The number of carbonyl (C=O) groups excluding carboxylic acids is 2. The number of hydrazone groups is 1. The molecule has 3 aromatic carbocycles. The predicted molar refractivity (Wildman–Crippen MR) is 136 cm³/mol. The molecular weight excluding hydrogens is 449 g/mol. The van der Waals surface area contributed by atoms with Crippen molar-refractivity contribution in [1.82, 2.24) is 5.43 Å². The number of benzene rings is 3. The van der Waals surface area contributed by atoms with Crippen molar-refractivity contribution in [2.24, 2.45) is 5.10 Å². The van der Waals surface area contributed by atoms with Crippen LogP contribution in [0.15, 0.2) is 59.7 Å². The van der Waals surface area contributed by atoms with Gasteiger partial charge in [-0.1, -0.05) is 35.3 Å². The molecule has 0 spiro atoms. The average molecular weight is 472 g/mol. The number of hydrogen-bond acceptors (Lipinski definition) is 4. The lowest BCUT2D eigenvalue weighted by molar-refractivity contribution is -0.123. The number of hydrogen-bond donors (Lipinski definition) is 2. The lowest BCUT2D eigenvalue weighted by Gasteiger charge is -2.10. The molecule has 6 nitrogen and oxygen atoms in total. The fourth-order valence-corrected chi connectivity index (χ4v) is 3.92. The number of fused-ring (bicyclic) bond motifs is 1. The maximum Gasteiger partial charge on any atom is 0.277 e. The predicted octanol–water partition coefficient (Wildman–Crippen LogP) is 3.85. The number of aryl methyl sites for hydroxylation is 3. The van der Waals surface area contributed by atoms with Crippen LogP contribution in [0.25, 0.3) is 0 Å². The van der Waals surface area contributed by atoms with Crippen LogP contribution in [0.3, 0.4) is 0 Å². The van der Waals surface area contributed by atoms with Gasteiger partial charge in [0.25, 0.3) is 11.8 Å². The number of carbonyl (C=O) groups is 2. The van der Waals surface area contributed by atoms with Crippen molar-refractivity contribution in [3.05, 3.63) is 87.4 Å². The molecule has 0 saturated heterocycles. The zero-order chi connectivity index (χ0) is 24.2. The van der Waals surface area contributed by atoms with Crippen LogP contribution in [-0.2, 0) is 11.2 Å². The quantitative estimate of drug-likeness (QED) is 0.423. The molecule has 0 fully saturated rings. The lowest BCUT2D eigenvalue weighted by atomic mass is 9.92. The van der Waals surface area contributed by atoms with Crippen molar-refractivity contribution in [1.29, 1.82) is 0 Å². The zero-order valence-corrected chi connectivity index (χ0v) is 19.7. The van der Waals surface area contributed by atoms with Gasteiger partial charge in [-0.25, -0.2) is 5.43 Å². The molecule has 0 saturated carbocycles. The van der Waals surface area contributed by atoms with E-state index >= 15 is 0 Å². The number of nitrogens with one attached hydrogen (secondary N) is 2. The van der Waals surface area contributed by atoms with E-state index in [1.54, 1.807) is 36.4 Å². The Bertz CT molecular complexity index is 1310. The van der Waals surface area contributed by atoms with E-state index in [1.165, 1.54) is 0 Å². The van der Waals surface area contributed by atoms with Crippen LogP contribution in [-0.4, -0.2) is 32.0 Å². The van der Waals surface area contributed by atoms with E-state index < -0.39 is 0 Å². The zero-order valence-electron chi connectivity index (χ0n) is 18.9. The normalized spacial score (nSPS) is 13.4. The van der Waals surface area contributed by atoms with Crippen molar-refractivity contribution in [2.45, 2.75) is 26.7 Å². The second-order valence-electron chi connectivity index (χ2n) is 8.19. The minimum absolute atomic E-state index is 0.165. The fourth-order valence-electron chi connectivity index (χ4n) is 3.80. The van der Waals surface area contributed by atoms with Crippen LogP contribution in [0.4, 0.5) is 5.69 Å². The summed E-state index contributed by atoms with van der Waals surface area (Å²) >= 11 is 6.01. The van der Waals surface area contributed by atoms with Crippen LogP contribution >= 0.6 is 11.6 Å². The summed E-state index contributed by atoms with van der Waals surface area (Å²) < 4.78 is 5.51. The first-order valence-electron chi connectivity index (χ1n) is 10.9. The Labute approximate surface area is 204 Å². The number of rotatable bonds is 6. The molecule has 0 atom stereocenters. The summed E-state index contributed by atoms with van der Waals surface area (Å²) in [6.07, 6.45) is 1.51. The van der Waals surface area contributed by atoms with E-state index in [9.17, 15) is 9.59 Å². The Morgan fingerprint density at radius 3 is 2.62 bits per heavy atom. The number of ether oxygens (including phenoxy) is 1. The highest BCUT2D eigenvalue weighted by atomic mass is 35.5. The van der Waals surface area contributed by atoms with Gasteiger partial charge in [0.1, 0.15) is 13.6 Å². The van der Waals surface area contributed by atoms with Crippen LogP contribution < -0.4 is 20.9 Å². The van der Waals surface area contributed by atoms with E-state index in [4.69, 9.17) is 24.2 Å². The van der Waals surface area contributed by atoms with Crippen LogP contribution in [0.5, 0.6) is 5.75 Å². The lowest BCUT2D eigenvalue weighted by Crippen LogP contribution is -2.25. The number of anilines is 1. The van der Waals surface area contributed by atoms with Gasteiger partial charge in [-0.15, -0.1) is 0 Å². The van der Waals surface area contributed by atoms with E-state index in [0.29, 0.717) is 33.9 Å². The van der Waals surface area contributed by atoms with E-state index in [1.807, 2.05) is 32.0 Å². The monoisotopic (exact) mass is 471 g/mol. The van der Waals surface area contributed by atoms with Crippen molar-refractivity contribution in [2.75, 3.05) is 11.9 Å². The Hall–Kier alpha value is -3.58. The Kier molecular flexibility index (Phi) is 7.03. The van der Waals surface area contributed by atoms with Gasteiger partial charge < -0.3 is 10.1 Å². The molecule has 0 heterocycles. The number of amides is 2. The van der Waals surface area contributed by atoms with Gasteiger partial charge in [-0.05, 0) is 79.8 Å². The maximum atomic E-state index is 12.7. The van der Waals surface area contributed by atoms with E-state index in [0.717, 1.165) is 34.4 Å². The molecule has 0 aromatic heterocycles. The van der Waals surface area contributed by atoms with Crippen molar-refractivity contribution in [3.8, 4) is 5.75 Å². The standard InChI is InChI=1S/C26H23BClN3O3/c1-15-11-18(27)5-8-21(15)26(33)29-19-6-3-17-4-10-24(22(17)13-19)30-31-25(32)14-34-20-7-9-23(28)16(2)12-20/h3,5-9,11-13H,4,10,14H2,1-2H3,(H,29,33)(H,31,32)/b30-24+. The van der Waals surface area contributed by atoms with Gasteiger partial charge in [-0.3, -0.25) is 9.59 Å². The molecule has 0 bridgehead atoms. The molecule has 2 radical (unpaired) electrons. The Morgan fingerprint density at radius 1 is 1.03 bits per heavy atom. The van der Waals surface area contributed by atoms with Gasteiger partial charge in [-0.2, -0.15) is 5.10 Å². The first-order valence-corrected chi connectivity index (χ1v) is 11.2. The third-order valence-corrected chi connectivity index (χ3v) is 6.04. The smallest absolute Gasteiger partial charge is 0.277 e. The summed E-state index contributed by atoms with van der Waals surface area (Å²) in [6.45, 7) is 3.55. The van der Waals surface area contributed by atoms with E-state index in [2.05, 4.69) is 15.8 Å². The van der Waals surface area contributed by atoms with Gasteiger partial charge in [0, 0.05) is 21.8 Å². The second kappa shape index (κ2) is 10.1. The van der Waals surface area contributed by atoms with E-state index in [-0.39, 0.29) is 18.4 Å². The average Bonchev–Trinajstić information content (AvgIpc) is 3.20. The summed E-state index contributed by atoms with van der Waals surface area (Å²) in [5.74, 6) is -0.0127. The molecule has 1 aliphatic carbocycles. The fraction of sp³-hybridized carbons (Fsp3) is 0.192. The summed E-state index contributed by atoms with van der Waals surface area (Å²) in [5.41, 5.74) is 8.84. The van der Waals surface area contributed by atoms with Crippen LogP contribution in [0.2, 0.25) is 5.02 Å². The van der Waals surface area contributed by atoms with Gasteiger partial charge in [0.15, 0.2) is 6.61 Å². The number of nitrogens with zero attached hydrogens (tertiary/aromatic N) is 1. The highest BCUT2D eigenvalue weighted by molar-refractivity contribution is 6.32. The molecule has 1 aliphatic rings. The highest BCUT2D eigenvalue weighted by Crippen LogP contribution is 2.26. The molecule has 3 aromatic rings. The molecule has 0 unspecified atom stereocenters.